The highest BCUT2D eigenvalue weighted by Crippen LogP contribution is 2.27. The van der Waals surface area contributed by atoms with E-state index in [-0.39, 0.29) is 11.9 Å². The van der Waals surface area contributed by atoms with Gasteiger partial charge in [-0.25, -0.2) is 4.39 Å². The maximum Gasteiger partial charge on any atom is 0.136 e. The van der Waals surface area contributed by atoms with Crippen molar-refractivity contribution in [3.05, 3.63) is 65.5 Å². The number of hydrogen-bond acceptors (Lipinski definition) is 2. The summed E-state index contributed by atoms with van der Waals surface area (Å²) in [6.45, 7) is 4.39. The first-order valence-electron chi connectivity index (χ1n) is 7.26. The first kappa shape index (κ1) is 16.1. The van der Waals surface area contributed by atoms with Crippen molar-refractivity contribution < 1.29 is 4.39 Å². The molecule has 0 amide bonds. The molecule has 3 heteroatoms. The highest BCUT2D eigenvalue weighted by molar-refractivity contribution is 7.99. The number of benzene rings is 2. The third kappa shape index (κ3) is 4.32. The van der Waals surface area contributed by atoms with Crippen LogP contribution in [0.5, 0.6) is 0 Å². The van der Waals surface area contributed by atoms with E-state index in [1.54, 1.807) is 17.8 Å². The molecule has 1 N–H and O–H groups in total. The first-order chi connectivity index (χ1) is 10.1. The van der Waals surface area contributed by atoms with Gasteiger partial charge >= 0.3 is 0 Å². The minimum absolute atomic E-state index is 0.146. The molecule has 2 aromatic rings. The van der Waals surface area contributed by atoms with Crippen LogP contribution in [0.1, 0.15) is 36.9 Å². The molecule has 21 heavy (non-hydrogen) atoms. The zero-order chi connectivity index (χ0) is 15.2. The summed E-state index contributed by atoms with van der Waals surface area (Å²) in [6, 6.07) is 15.8. The Hall–Kier alpha value is -1.32. The van der Waals surface area contributed by atoms with Gasteiger partial charge in [-0.2, -0.15) is 0 Å². The predicted octanol–water partition coefficient (Wildman–Crippen LogP) is 5.00. The molecule has 0 aliphatic carbocycles. The lowest BCUT2D eigenvalue weighted by atomic mass is 10.00. The molecule has 1 unspecified atom stereocenters. The SMILES string of the molecule is CNC(CSc1ccccc1F)c1ccc(C(C)C)cc1. The molecule has 0 saturated carbocycles. The molecule has 1 atom stereocenters. The van der Waals surface area contributed by atoms with Gasteiger partial charge in [0.2, 0.25) is 0 Å². The van der Waals surface area contributed by atoms with Crippen LogP contribution in [0.3, 0.4) is 0 Å². The van der Waals surface area contributed by atoms with Crippen LogP contribution in [0.4, 0.5) is 4.39 Å². The number of halogens is 1. The van der Waals surface area contributed by atoms with Gasteiger partial charge in [0.25, 0.3) is 0 Å². The normalized spacial score (nSPS) is 12.6. The van der Waals surface area contributed by atoms with Crippen LogP contribution in [0.2, 0.25) is 0 Å². The summed E-state index contributed by atoms with van der Waals surface area (Å²) in [5.74, 6) is 1.20. The summed E-state index contributed by atoms with van der Waals surface area (Å²) in [4.78, 5) is 0.705. The second-order valence-electron chi connectivity index (χ2n) is 5.40. The zero-order valence-corrected chi connectivity index (χ0v) is 13.6. The Morgan fingerprint density at radius 2 is 1.62 bits per heavy atom. The molecular weight excluding hydrogens is 281 g/mol. The van der Waals surface area contributed by atoms with Gasteiger partial charge < -0.3 is 5.32 Å². The van der Waals surface area contributed by atoms with Crippen molar-refractivity contribution in [2.24, 2.45) is 0 Å². The van der Waals surface area contributed by atoms with Gasteiger partial charge in [-0.15, -0.1) is 11.8 Å². The van der Waals surface area contributed by atoms with Gasteiger partial charge in [0, 0.05) is 16.7 Å². The number of rotatable bonds is 6. The zero-order valence-electron chi connectivity index (χ0n) is 12.8. The van der Waals surface area contributed by atoms with Gasteiger partial charge in [-0.1, -0.05) is 50.2 Å². The van der Waals surface area contributed by atoms with Crippen molar-refractivity contribution in [3.8, 4) is 0 Å². The Morgan fingerprint density at radius 3 is 2.19 bits per heavy atom. The van der Waals surface area contributed by atoms with E-state index < -0.39 is 0 Å². The van der Waals surface area contributed by atoms with Gasteiger partial charge in [0.05, 0.1) is 0 Å². The van der Waals surface area contributed by atoms with Crippen molar-refractivity contribution in [1.29, 1.82) is 0 Å². The van der Waals surface area contributed by atoms with E-state index in [9.17, 15) is 4.39 Å². The molecule has 0 fully saturated rings. The Labute approximate surface area is 131 Å². The molecule has 112 valence electrons. The lowest BCUT2D eigenvalue weighted by Crippen LogP contribution is -2.18. The van der Waals surface area contributed by atoms with E-state index in [1.165, 1.54) is 17.2 Å². The molecule has 0 radical (unpaired) electrons. The van der Waals surface area contributed by atoms with Crippen LogP contribution in [0.25, 0.3) is 0 Å². The molecule has 0 heterocycles. The molecule has 0 aromatic heterocycles. The highest BCUT2D eigenvalue weighted by Gasteiger charge is 2.11. The first-order valence-corrected chi connectivity index (χ1v) is 8.25. The Morgan fingerprint density at radius 1 is 1.00 bits per heavy atom. The molecule has 0 spiro atoms. The van der Waals surface area contributed by atoms with Gasteiger partial charge in [-0.05, 0) is 36.2 Å². The van der Waals surface area contributed by atoms with E-state index in [1.807, 2.05) is 19.2 Å². The summed E-state index contributed by atoms with van der Waals surface area (Å²) in [5.41, 5.74) is 2.58. The second-order valence-corrected chi connectivity index (χ2v) is 6.47. The van der Waals surface area contributed by atoms with Crippen molar-refractivity contribution >= 4 is 11.8 Å². The lowest BCUT2D eigenvalue weighted by Gasteiger charge is -2.17. The summed E-state index contributed by atoms with van der Waals surface area (Å²) in [6.07, 6.45) is 0. The summed E-state index contributed by atoms with van der Waals surface area (Å²) >= 11 is 1.55. The molecule has 0 aliphatic rings. The predicted molar refractivity (Wildman–Crippen MR) is 89.5 cm³/mol. The van der Waals surface area contributed by atoms with Crippen molar-refractivity contribution in [1.82, 2.24) is 5.32 Å². The smallest absolute Gasteiger partial charge is 0.136 e. The molecule has 2 aromatic carbocycles. The minimum atomic E-state index is -0.146. The summed E-state index contributed by atoms with van der Waals surface area (Å²) in [7, 11) is 1.95. The lowest BCUT2D eigenvalue weighted by molar-refractivity contribution is 0.601. The van der Waals surface area contributed by atoms with E-state index in [4.69, 9.17) is 0 Å². The topological polar surface area (TPSA) is 12.0 Å². The van der Waals surface area contributed by atoms with E-state index in [2.05, 4.69) is 43.4 Å². The maximum absolute atomic E-state index is 13.6. The number of nitrogens with one attached hydrogen (secondary N) is 1. The molecule has 0 aliphatic heterocycles. The fourth-order valence-electron chi connectivity index (χ4n) is 2.19. The summed E-state index contributed by atoms with van der Waals surface area (Å²) < 4.78 is 13.6. The quantitative estimate of drug-likeness (QED) is 0.754. The van der Waals surface area contributed by atoms with E-state index in [0.29, 0.717) is 10.8 Å². The second kappa shape index (κ2) is 7.62. The van der Waals surface area contributed by atoms with Crippen LogP contribution in [0, 0.1) is 5.82 Å². The average Bonchev–Trinajstić information content (AvgIpc) is 2.50. The van der Waals surface area contributed by atoms with Gasteiger partial charge in [0.15, 0.2) is 0 Å². The largest absolute Gasteiger partial charge is 0.312 e. The maximum atomic E-state index is 13.6. The van der Waals surface area contributed by atoms with Crippen molar-refractivity contribution in [2.45, 2.75) is 30.7 Å². The Bertz CT molecular complexity index is 566. The monoisotopic (exact) mass is 303 g/mol. The standard InChI is InChI=1S/C18H22FNS/c1-13(2)14-8-10-15(11-9-14)17(20-3)12-21-18-7-5-4-6-16(18)19/h4-11,13,17,20H,12H2,1-3H3. The van der Waals surface area contributed by atoms with E-state index in [0.717, 1.165) is 5.75 Å². The van der Waals surface area contributed by atoms with Crippen molar-refractivity contribution in [3.63, 3.8) is 0 Å². The molecule has 0 saturated heterocycles. The van der Waals surface area contributed by atoms with Crippen molar-refractivity contribution in [2.75, 3.05) is 12.8 Å². The average molecular weight is 303 g/mol. The fourth-order valence-corrected chi connectivity index (χ4v) is 3.28. The Balaban J connectivity index is 2.04. The highest BCUT2D eigenvalue weighted by atomic mass is 32.2. The number of thioether (sulfide) groups is 1. The fraction of sp³-hybridized carbons (Fsp3) is 0.333. The molecule has 0 bridgehead atoms. The van der Waals surface area contributed by atoms with Crippen LogP contribution in [-0.2, 0) is 0 Å². The van der Waals surface area contributed by atoms with Crippen LogP contribution < -0.4 is 5.32 Å². The molecular formula is C18H22FNS. The molecule has 1 nitrogen and oxygen atoms in total. The Kier molecular flexibility index (Phi) is 5.83. The van der Waals surface area contributed by atoms with Crippen LogP contribution in [0.15, 0.2) is 53.4 Å². The number of hydrogen-bond donors (Lipinski definition) is 1. The van der Waals surface area contributed by atoms with E-state index >= 15 is 0 Å². The van der Waals surface area contributed by atoms with Crippen LogP contribution >= 0.6 is 11.8 Å². The summed E-state index contributed by atoms with van der Waals surface area (Å²) in [5, 5.41) is 3.31. The van der Waals surface area contributed by atoms with Crippen LogP contribution in [-0.4, -0.2) is 12.8 Å². The molecule has 2 rings (SSSR count). The third-order valence-corrected chi connectivity index (χ3v) is 4.74. The van der Waals surface area contributed by atoms with Gasteiger partial charge in [0.1, 0.15) is 5.82 Å². The minimum Gasteiger partial charge on any atom is -0.312 e. The van der Waals surface area contributed by atoms with Gasteiger partial charge in [-0.3, -0.25) is 0 Å². The third-order valence-electron chi connectivity index (χ3n) is 3.60.